The fraction of sp³-hybridized carbons (Fsp3) is 0.222. The maximum atomic E-state index is 13.2. The van der Waals surface area contributed by atoms with E-state index in [0.717, 1.165) is 15.2 Å². The lowest BCUT2D eigenvalue weighted by Crippen LogP contribution is -2.30. The summed E-state index contributed by atoms with van der Waals surface area (Å²) < 4.78 is 14.3. The summed E-state index contributed by atoms with van der Waals surface area (Å²) in [5.74, 6) is -0.375. The Kier molecular flexibility index (Phi) is 4.39. The van der Waals surface area contributed by atoms with Crippen LogP contribution in [0, 0.1) is 5.82 Å². The first-order chi connectivity index (χ1) is 11.0. The van der Waals surface area contributed by atoms with Gasteiger partial charge < -0.3 is 4.90 Å². The van der Waals surface area contributed by atoms with Crippen molar-refractivity contribution in [3.63, 3.8) is 0 Å². The number of fused-ring (bicyclic) bond motifs is 1. The monoisotopic (exact) mass is 328 g/mol. The van der Waals surface area contributed by atoms with E-state index in [1.54, 1.807) is 35.4 Å². The van der Waals surface area contributed by atoms with E-state index in [1.807, 2.05) is 31.2 Å². The molecule has 0 fully saturated rings. The molecule has 1 heterocycles. The molecule has 2 aromatic carbocycles. The molecule has 0 radical (unpaired) electrons. The van der Waals surface area contributed by atoms with E-state index >= 15 is 0 Å². The molecule has 0 bridgehead atoms. The van der Waals surface area contributed by atoms with E-state index < -0.39 is 0 Å². The van der Waals surface area contributed by atoms with E-state index in [9.17, 15) is 9.18 Å². The van der Waals surface area contributed by atoms with E-state index in [2.05, 4.69) is 4.98 Å². The maximum Gasteiger partial charge on any atom is 0.227 e. The molecule has 0 aliphatic rings. The minimum Gasteiger partial charge on any atom is -0.336 e. The van der Waals surface area contributed by atoms with Gasteiger partial charge in [0.05, 0.1) is 22.7 Å². The van der Waals surface area contributed by atoms with E-state index in [0.29, 0.717) is 5.56 Å². The zero-order valence-corrected chi connectivity index (χ0v) is 13.8. The molecule has 0 aliphatic heterocycles. The van der Waals surface area contributed by atoms with E-state index in [1.165, 1.54) is 12.1 Å². The molecule has 1 amide bonds. The number of benzene rings is 2. The van der Waals surface area contributed by atoms with Gasteiger partial charge in [0.15, 0.2) is 0 Å². The number of likely N-dealkylation sites (N-methyl/N-ethyl adjacent to an activating group) is 1. The van der Waals surface area contributed by atoms with Crippen LogP contribution in [0.4, 0.5) is 4.39 Å². The number of hydrogen-bond acceptors (Lipinski definition) is 3. The topological polar surface area (TPSA) is 33.2 Å². The van der Waals surface area contributed by atoms with Crippen LogP contribution in [-0.4, -0.2) is 22.8 Å². The summed E-state index contributed by atoms with van der Waals surface area (Å²) >= 11 is 1.59. The van der Waals surface area contributed by atoms with Crippen LogP contribution in [-0.2, 0) is 11.2 Å². The number of aromatic nitrogens is 1. The van der Waals surface area contributed by atoms with Gasteiger partial charge in [-0.3, -0.25) is 4.79 Å². The zero-order valence-electron chi connectivity index (χ0n) is 13.0. The Hall–Kier alpha value is -2.27. The van der Waals surface area contributed by atoms with Crippen molar-refractivity contribution in [1.29, 1.82) is 0 Å². The van der Waals surface area contributed by atoms with Gasteiger partial charge in [-0.1, -0.05) is 24.3 Å². The molecule has 3 aromatic rings. The third kappa shape index (κ3) is 3.40. The summed E-state index contributed by atoms with van der Waals surface area (Å²) in [6.07, 6.45) is 0.184. The average Bonchev–Trinajstić information content (AvgIpc) is 2.97. The Labute approximate surface area is 138 Å². The summed E-state index contributed by atoms with van der Waals surface area (Å²) in [7, 11) is 1.76. The highest BCUT2D eigenvalue weighted by molar-refractivity contribution is 7.18. The third-order valence-electron chi connectivity index (χ3n) is 3.89. The van der Waals surface area contributed by atoms with Gasteiger partial charge in [0.25, 0.3) is 0 Å². The quantitative estimate of drug-likeness (QED) is 0.719. The molecule has 1 atom stereocenters. The molecule has 0 N–H and O–H groups in total. The summed E-state index contributed by atoms with van der Waals surface area (Å²) in [6.45, 7) is 1.96. The smallest absolute Gasteiger partial charge is 0.227 e. The number of thiazole rings is 1. The SMILES string of the molecule is C[C@@H](c1nc2ccccc2s1)N(C)C(=O)Cc1cccc(F)c1. The Morgan fingerprint density at radius 3 is 2.78 bits per heavy atom. The lowest BCUT2D eigenvalue weighted by molar-refractivity contribution is -0.131. The first-order valence-corrected chi connectivity index (χ1v) is 8.22. The van der Waals surface area contributed by atoms with Gasteiger partial charge in [0.2, 0.25) is 5.91 Å². The average molecular weight is 328 g/mol. The molecular weight excluding hydrogens is 311 g/mol. The van der Waals surface area contributed by atoms with Gasteiger partial charge in [0.1, 0.15) is 10.8 Å². The minimum atomic E-state index is -0.322. The number of amides is 1. The number of halogens is 1. The number of rotatable bonds is 4. The third-order valence-corrected chi connectivity index (χ3v) is 5.09. The van der Waals surface area contributed by atoms with Crippen molar-refractivity contribution in [3.05, 3.63) is 64.9 Å². The van der Waals surface area contributed by atoms with Crippen LogP contribution in [0.3, 0.4) is 0 Å². The van der Waals surface area contributed by atoms with Crippen LogP contribution in [0.1, 0.15) is 23.5 Å². The zero-order chi connectivity index (χ0) is 16.4. The number of nitrogens with zero attached hydrogens (tertiary/aromatic N) is 2. The Balaban J connectivity index is 1.75. The molecule has 0 saturated heterocycles. The molecule has 118 valence electrons. The Morgan fingerprint density at radius 2 is 2.04 bits per heavy atom. The van der Waals surface area contributed by atoms with Crippen molar-refractivity contribution in [3.8, 4) is 0 Å². The normalized spacial score (nSPS) is 12.3. The summed E-state index contributed by atoms with van der Waals surface area (Å²) in [6, 6.07) is 14.0. The predicted molar refractivity (Wildman–Crippen MR) is 90.9 cm³/mol. The summed E-state index contributed by atoms with van der Waals surface area (Å²) in [5.41, 5.74) is 1.63. The largest absolute Gasteiger partial charge is 0.336 e. The molecule has 3 rings (SSSR count). The van der Waals surface area contributed by atoms with E-state index in [-0.39, 0.29) is 24.2 Å². The lowest BCUT2D eigenvalue weighted by atomic mass is 10.1. The summed E-state index contributed by atoms with van der Waals surface area (Å²) in [5, 5.41) is 0.904. The second-order valence-corrected chi connectivity index (χ2v) is 6.57. The highest BCUT2D eigenvalue weighted by atomic mass is 32.1. The first kappa shape index (κ1) is 15.6. The fourth-order valence-electron chi connectivity index (χ4n) is 2.40. The molecule has 3 nitrogen and oxygen atoms in total. The standard InChI is InChI=1S/C18H17FN2OS/c1-12(18-20-15-8-3-4-9-16(15)23-18)21(2)17(22)11-13-6-5-7-14(19)10-13/h3-10,12H,11H2,1-2H3/t12-/m0/s1. The van der Waals surface area contributed by atoms with Crippen LogP contribution in [0.25, 0.3) is 10.2 Å². The van der Waals surface area contributed by atoms with Crippen LogP contribution >= 0.6 is 11.3 Å². The number of para-hydroxylation sites is 1. The van der Waals surface area contributed by atoms with Crippen LogP contribution in [0.2, 0.25) is 0 Å². The van der Waals surface area contributed by atoms with Crippen molar-refractivity contribution in [2.24, 2.45) is 0 Å². The molecule has 0 spiro atoms. The Bertz CT molecular complexity index is 813. The Morgan fingerprint density at radius 1 is 1.26 bits per heavy atom. The molecule has 5 heteroatoms. The van der Waals surface area contributed by atoms with Crippen LogP contribution in [0.15, 0.2) is 48.5 Å². The van der Waals surface area contributed by atoms with Crippen LogP contribution in [0.5, 0.6) is 0 Å². The van der Waals surface area contributed by atoms with Gasteiger partial charge in [-0.15, -0.1) is 11.3 Å². The summed E-state index contributed by atoms with van der Waals surface area (Å²) in [4.78, 5) is 18.7. The van der Waals surface area contributed by atoms with Gasteiger partial charge in [-0.25, -0.2) is 9.37 Å². The highest BCUT2D eigenvalue weighted by Crippen LogP contribution is 2.29. The van der Waals surface area contributed by atoms with Crippen LogP contribution < -0.4 is 0 Å². The highest BCUT2D eigenvalue weighted by Gasteiger charge is 2.20. The van der Waals surface area contributed by atoms with Gasteiger partial charge >= 0.3 is 0 Å². The van der Waals surface area contributed by atoms with Crippen molar-refractivity contribution in [2.75, 3.05) is 7.05 Å². The first-order valence-electron chi connectivity index (χ1n) is 7.40. The molecule has 0 unspecified atom stereocenters. The molecule has 0 saturated carbocycles. The van der Waals surface area contributed by atoms with E-state index in [4.69, 9.17) is 0 Å². The van der Waals surface area contributed by atoms with Crippen molar-refractivity contribution in [1.82, 2.24) is 9.88 Å². The molecular formula is C18H17FN2OS. The number of hydrogen-bond donors (Lipinski definition) is 0. The predicted octanol–water partition coefficient (Wildman–Crippen LogP) is 4.20. The van der Waals surface area contributed by atoms with Crippen molar-refractivity contribution < 1.29 is 9.18 Å². The number of carbonyl (C=O) groups is 1. The molecule has 0 aliphatic carbocycles. The van der Waals surface area contributed by atoms with Gasteiger partial charge in [-0.05, 0) is 36.8 Å². The lowest BCUT2D eigenvalue weighted by Gasteiger charge is -2.23. The van der Waals surface area contributed by atoms with Gasteiger partial charge in [0, 0.05) is 7.05 Å². The molecule has 23 heavy (non-hydrogen) atoms. The second-order valence-electron chi connectivity index (χ2n) is 5.51. The van der Waals surface area contributed by atoms with Crippen molar-refractivity contribution >= 4 is 27.5 Å². The maximum absolute atomic E-state index is 13.2. The minimum absolute atomic E-state index is 0.0534. The fourth-order valence-corrected chi connectivity index (χ4v) is 3.46. The molecule has 1 aromatic heterocycles. The second kappa shape index (κ2) is 6.46. The number of carbonyl (C=O) groups excluding carboxylic acids is 1. The van der Waals surface area contributed by atoms with Crippen molar-refractivity contribution in [2.45, 2.75) is 19.4 Å². The van der Waals surface area contributed by atoms with Gasteiger partial charge in [-0.2, -0.15) is 0 Å².